The van der Waals surface area contributed by atoms with E-state index in [9.17, 15) is 9.59 Å². The van der Waals surface area contributed by atoms with Crippen molar-refractivity contribution in [3.8, 4) is 0 Å². The molecule has 1 fully saturated rings. The van der Waals surface area contributed by atoms with E-state index in [-0.39, 0.29) is 23.8 Å². The van der Waals surface area contributed by atoms with E-state index in [1.165, 1.54) is 4.90 Å². The predicted octanol–water partition coefficient (Wildman–Crippen LogP) is 1.96. The number of hydrogen-bond donors (Lipinski definition) is 1. The molecule has 0 atom stereocenters. The normalized spacial score (nSPS) is 18.5. The van der Waals surface area contributed by atoms with Crippen molar-refractivity contribution in [2.45, 2.75) is 47.1 Å². The molecule has 2 amide bonds. The third-order valence-corrected chi connectivity index (χ3v) is 3.85. The largest absolute Gasteiger partial charge is 0.398 e. The standard InChI is InChI=1S/C15H21N3O2/c1-9-7-17-11(10(2)14(9)16)8-18-12(19)5-15(3,4)6-13(18)20/h7H,5-6,8H2,1-4H3,(H2,16,17). The Balaban J connectivity index is 2.25. The van der Waals surface area contributed by atoms with Gasteiger partial charge in [0.1, 0.15) is 0 Å². The number of aromatic nitrogens is 1. The van der Waals surface area contributed by atoms with Gasteiger partial charge in [-0.05, 0) is 30.4 Å². The molecule has 1 aliphatic rings. The number of carbonyl (C=O) groups is 2. The molecule has 1 aromatic rings. The highest BCUT2D eigenvalue weighted by atomic mass is 16.2. The monoisotopic (exact) mass is 275 g/mol. The molecule has 2 heterocycles. The van der Waals surface area contributed by atoms with Crippen LogP contribution in [0.2, 0.25) is 0 Å². The average molecular weight is 275 g/mol. The summed E-state index contributed by atoms with van der Waals surface area (Å²) in [5, 5.41) is 0. The molecule has 1 aliphatic heterocycles. The van der Waals surface area contributed by atoms with Crippen LogP contribution in [0.1, 0.15) is 43.5 Å². The molecule has 5 nitrogen and oxygen atoms in total. The second-order valence-electron chi connectivity index (χ2n) is 6.32. The lowest BCUT2D eigenvalue weighted by Crippen LogP contribution is -2.45. The second kappa shape index (κ2) is 4.89. The summed E-state index contributed by atoms with van der Waals surface area (Å²) in [4.78, 5) is 29.9. The highest BCUT2D eigenvalue weighted by molar-refractivity contribution is 5.98. The minimum atomic E-state index is -0.251. The number of piperidine rings is 1. The molecule has 1 aromatic heterocycles. The molecule has 0 aromatic carbocycles. The molecule has 0 radical (unpaired) electrons. The summed E-state index contributed by atoms with van der Waals surface area (Å²) >= 11 is 0. The topological polar surface area (TPSA) is 76.3 Å². The number of likely N-dealkylation sites (tertiary alicyclic amines) is 1. The maximum absolute atomic E-state index is 12.1. The minimum Gasteiger partial charge on any atom is -0.398 e. The van der Waals surface area contributed by atoms with Crippen LogP contribution >= 0.6 is 0 Å². The highest BCUT2D eigenvalue weighted by Crippen LogP contribution is 2.32. The number of pyridine rings is 1. The Kier molecular flexibility index (Phi) is 3.54. The van der Waals surface area contributed by atoms with Gasteiger partial charge < -0.3 is 5.73 Å². The molecule has 20 heavy (non-hydrogen) atoms. The van der Waals surface area contributed by atoms with Crippen LogP contribution < -0.4 is 5.73 Å². The molecule has 0 spiro atoms. The number of nitrogens with zero attached hydrogens (tertiary/aromatic N) is 2. The number of anilines is 1. The summed E-state index contributed by atoms with van der Waals surface area (Å²) in [6.45, 7) is 7.84. The van der Waals surface area contributed by atoms with Gasteiger partial charge in [-0.1, -0.05) is 13.8 Å². The van der Waals surface area contributed by atoms with Gasteiger partial charge >= 0.3 is 0 Å². The molecule has 1 saturated heterocycles. The summed E-state index contributed by atoms with van der Waals surface area (Å²) in [6, 6.07) is 0. The molecule has 2 N–H and O–H groups in total. The van der Waals surface area contributed by atoms with E-state index in [0.717, 1.165) is 11.1 Å². The SMILES string of the molecule is Cc1cnc(CN2C(=O)CC(C)(C)CC2=O)c(C)c1N. The maximum Gasteiger partial charge on any atom is 0.230 e. The number of nitrogen functional groups attached to an aromatic ring is 1. The van der Waals surface area contributed by atoms with E-state index in [1.807, 2.05) is 27.7 Å². The van der Waals surface area contributed by atoms with Crippen molar-refractivity contribution >= 4 is 17.5 Å². The first-order valence-electron chi connectivity index (χ1n) is 6.75. The first kappa shape index (κ1) is 14.5. The van der Waals surface area contributed by atoms with E-state index in [4.69, 9.17) is 5.73 Å². The zero-order valence-electron chi connectivity index (χ0n) is 12.5. The van der Waals surface area contributed by atoms with E-state index in [1.54, 1.807) is 6.20 Å². The minimum absolute atomic E-state index is 0.133. The number of aryl methyl sites for hydroxylation is 1. The first-order chi connectivity index (χ1) is 9.21. The molecule has 0 saturated carbocycles. The van der Waals surface area contributed by atoms with Gasteiger partial charge in [-0.25, -0.2) is 0 Å². The van der Waals surface area contributed by atoms with E-state index in [2.05, 4.69) is 4.98 Å². The lowest BCUT2D eigenvalue weighted by molar-refractivity contribution is -0.153. The van der Waals surface area contributed by atoms with Crippen LogP contribution in [0.25, 0.3) is 0 Å². The Hall–Kier alpha value is -1.91. The summed E-state index contributed by atoms with van der Waals surface area (Å²) in [5.41, 5.74) is 8.83. The van der Waals surface area contributed by atoms with Gasteiger partial charge in [0, 0.05) is 24.7 Å². The molecule has 0 unspecified atom stereocenters. The van der Waals surface area contributed by atoms with Crippen molar-refractivity contribution in [1.29, 1.82) is 0 Å². The number of imide groups is 1. The first-order valence-corrected chi connectivity index (χ1v) is 6.75. The molecule has 108 valence electrons. The lowest BCUT2D eigenvalue weighted by Gasteiger charge is -2.34. The Morgan fingerprint density at radius 1 is 1.25 bits per heavy atom. The summed E-state index contributed by atoms with van der Waals surface area (Å²) in [6.07, 6.45) is 2.46. The number of rotatable bonds is 2. The third kappa shape index (κ3) is 2.66. The van der Waals surface area contributed by atoms with Crippen LogP contribution in [0.4, 0.5) is 5.69 Å². The van der Waals surface area contributed by atoms with Crippen LogP contribution in [0, 0.1) is 19.3 Å². The fourth-order valence-corrected chi connectivity index (χ4v) is 2.49. The molecular formula is C15H21N3O2. The Morgan fingerprint density at radius 3 is 2.35 bits per heavy atom. The molecule has 5 heteroatoms. The molecule has 0 aliphatic carbocycles. The zero-order valence-corrected chi connectivity index (χ0v) is 12.5. The van der Waals surface area contributed by atoms with E-state index < -0.39 is 0 Å². The van der Waals surface area contributed by atoms with Crippen LogP contribution in [0.5, 0.6) is 0 Å². The van der Waals surface area contributed by atoms with Gasteiger partial charge in [-0.2, -0.15) is 0 Å². The van der Waals surface area contributed by atoms with Gasteiger partial charge in [0.05, 0.1) is 12.2 Å². The lowest BCUT2D eigenvalue weighted by atomic mass is 9.81. The van der Waals surface area contributed by atoms with Crippen molar-refractivity contribution in [2.75, 3.05) is 5.73 Å². The van der Waals surface area contributed by atoms with Crippen molar-refractivity contribution in [3.05, 3.63) is 23.0 Å². The van der Waals surface area contributed by atoms with Crippen LogP contribution in [0.3, 0.4) is 0 Å². The Bertz CT molecular complexity index is 559. The number of hydrogen-bond acceptors (Lipinski definition) is 4. The second-order valence-corrected chi connectivity index (χ2v) is 6.32. The van der Waals surface area contributed by atoms with Crippen LogP contribution in [-0.2, 0) is 16.1 Å². The quantitative estimate of drug-likeness (QED) is 0.837. The molecule has 0 bridgehead atoms. The van der Waals surface area contributed by atoms with E-state index in [0.29, 0.717) is 24.2 Å². The van der Waals surface area contributed by atoms with Gasteiger partial charge in [0.2, 0.25) is 11.8 Å². The molecular weight excluding hydrogens is 254 g/mol. The van der Waals surface area contributed by atoms with Crippen molar-refractivity contribution in [3.63, 3.8) is 0 Å². The van der Waals surface area contributed by atoms with Gasteiger partial charge in [-0.3, -0.25) is 19.5 Å². The zero-order chi connectivity index (χ0) is 15.1. The number of nitrogens with two attached hydrogens (primary N) is 1. The number of carbonyl (C=O) groups excluding carboxylic acids is 2. The number of amides is 2. The van der Waals surface area contributed by atoms with Crippen molar-refractivity contribution in [2.24, 2.45) is 5.41 Å². The fraction of sp³-hybridized carbons (Fsp3) is 0.533. The van der Waals surface area contributed by atoms with Gasteiger partial charge in [0.25, 0.3) is 0 Å². The smallest absolute Gasteiger partial charge is 0.230 e. The van der Waals surface area contributed by atoms with Crippen LogP contribution in [-0.4, -0.2) is 21.7 Å². The Morgan fingerprint density at radius 2 is 1.80 bits per heavy atom. The van der Waals surface area contributed by atoms with Gasteiger partial charge in [-0.15, -0.1) is 0 Å². The third-order valence-electron chi connectivity index (χ3n) is 3.85. The van der Waals surface area contributed by atoms with Crippen molar-refractivity contribution < 1.29 is 9.59 Å². The summed E-state index contributed by atoms with van der Waals surface area (Å²) < 4.78 is 0. The average Bonchev–Trinajstić information content (AvgIpc) is 2.32. The van der Waals surface area contributed by atoms with E-state index >= 15 is 0 Å². The molecule has 2 rings (SSSR count). The summed E-state index contributed by atoms with van der Waals surface area (Å²) in [5.74, 6) is -0.266. The maximum atomic E-state index is 12.1. The van der Waals surface area contributed by atoms with Crippen LogP contribution in [0.15, 0.2) is 6.20 Å². The predicted molar refractivity (Wildman–Crippen MR) is 76.7 cm³/mol. The van der Waals surface area contributed by atoms with Gasteiger partial charge in [0.15, 0.2) is 0 Å². The Labute approximate surface area is 119 Å². The van der Waals surface area contributed by atoms with Crippen molar-refractivity contribution in [1.82, 2.24) is 9.88 Å². The highest BCUT2D eigenvalue weighted by Gasteiger charge is 2.37. The fourth-order valence-electron chi connectivity index (χ4n) is 2.49. The summed E-state index contributed by atoms with van der Waals surface area (Å²) in [7, 11) is 0.